The Morgan fingerprint density at radius 1 is 1.06 bits per heavy atom. The number of ketones is 1. The van der Waals surface area contributed by atoms with Crippen LogP contribution in [0.1, 0.15) is 97.8 Å². The third kappa shape index (κ3) is 7.99. The first-order chi connectivity index (χ1) is 17.0. The molecule has 0 bridgehead atoms. The van der Waals surface area contributed by atoms with E-state index in [-0.39, 0.29) is 30.7 Å². The van der Waals surface area contributed by atoms with Gasteiger partial charge in [0.2, 0.25) is 0 Å². The van der Waals surface area contributed by atoms with E-state index >= 15 is 0 Å². The molecule has 8 atom stereocenters. The fourth-order valence-electron chi connectivity index (χ4n) is 6.42. The predicted molar refractivity (Wildman–Crippen MR) is 138 cm³/mol. The van der Waals surface area contributed by atoms with E-state index in [1.807, 2.05) is 0 Å². The van der Waals surface area contributed by atoms with Crippen molar-refractivity contribution < 1.29 is 23.7 Å². The van der Waals surface area contributed by atoms with E-state index in [0.29, 0.717) is 30.0 Å². The minimum absolute atomic E-state index is 0.0209. The summed E-state index contributed by atoms with van der Waals surface area (Å²) in [6.07, 6.45) is 19.3. The second kappa shape index (κ2) is 13.5. The fourth-order valence-corrected chi connectivity index (χ4v) is 6.42. The van der Waals surface area contributed by atoms with Gasteiger partial charge in [-0.3, -0.25) is 4.79 Å². The number of hydrogen-bond donors (Lipinski definition) is 0. The molecule has 0 N–H and O–H groups in total. The lowest BCUT2D eigenvalue weighted by Crippen LogP contribution is -2.32. The average molecular weight is 489 g/mol. The summed E-state index contributed by atoms with van der Waals surface area (Å²) in [5.74, 6) is 1.93. The van der Waals surface area contributed by atoms with Crippen LogP contribution >= 0.6 is 0 Å². The van der Waals surface area contributed by atoms with Crippen molar-refractivity contribution in [2.24, 2.45) is 23.7 Å². The van der Waals surface area contributed by atoms with Gasteiger partial charge in [-0.2, -0.15) is 0 Å². The summed E-state index contributed by atoms with van der Waals surface area (Å²) < 4.78 is 24.9. The number of rotatable bonds is 11. The lowest BCUT2D eigenvalue weighted by atomic mass is 9.89. The van der Waals surface area contributed by atoms with E-state index in [2.05, 4.69) is 39.0 Å². The first-order valence-electron chi connectivity index (χ1n) is 14.4. The largest absolute Gasteiger partial charge is 0.353 e. The molecule has 2 heterocycles. The molecule has 4 fully saturated rings. The van der Waals surface area contributed by atoms with Gasteiger partial charge in [0.05, 0.1) is 12.2 Å². The Balaban J connectivity index is 1.43. The molecular weight excluding hydrogens is 440 g/mol. The molecule has 0 spiro atoms. The average Bonchev–Trinajstić information content (AvgIpc) is 3.36. The zero-order valence-electron chi connectivity index (χ0n) is 22.3. The van der Waals surface area contributed by atoms with Crippen LogP contribution in [0.5, 0.6) is 0 Å². The Labute approximate surface area is 213 Å². The summed E-state index contributed by atoms with van der Waals surface area (Å²) in [5.41, 5.74) is 1.39. The van der Waals surface area contributed by atoms with E-state index in [0.717, 1.165) is 64.6 Å². The molecule has 35 heavy (non-hydrogen) atoms. The topological polar surface area (TPSA) is 54.0 Å². The smallest absolute Gasteiger partial charge is 0.158 e. The highest BCUT2D eigenvalue weighted by Gasteiger charge is 2.48. The van der Waals surface area contributed by atoms with Crippen molar-refractivity contribution in [3.63, 3.8) is 0 Å². The maximum absolute atomic E-state index is 12.3. The minimum Gasteiger partial charge on any atom is -0.353 e. The van der Waals surface area contributed by atoms with Gasteiger partial charge < -0.3 is 18.9 Å². The van der Waals surface area contributed by atoms with Crippen molar-refractivity contribution in [3.8, 4) is 0 Å². The quantitative estimate of drug-likeness (QED) is 0.238. The molecule has 0 radical (unpaired) electrons. The summed E-state index contributed by atoms with van der Waals surface area (Å²) in [5, 5.41) is 0. The minimum atomic E-state index is -0.106. The van der Waals surface area contributed by atoms with Crippen LogP contribution in [-0.2, 0) is 23.7 Å². The van der Waals surface area contributed by atoms with Crippen LogP contribution in [0, 0.1) is 23.7 Å². The second-order valence-electron chi connectivity index (χ2n) is 11.6. The highest BCUT2D eigenvalue weighted by atomic mass is 16.7. The number of carbonyl (C=O) groups excluding carboxylic acids is 1. The Kier molecular flexibility index (Phi) is 10.4. The Morgan fingerprint density at radius 3 is 2.49 bits per heavy atom. The van der Waals surface area contributed by atoms with Crippen molar-refractivity contribution >= 4 is 5.78 Å². The van der Waals surface area contributed by atoms with Gasteiger partial charge in [0.15, 0.2) is 12.6 Å². The molecule has 2 saturated carbocycles. The zero-order chi connectivity index (χ0) is 24.6. The van der Waals surface area contributed by atoms with Gasteiger partial charge >= 0.3 is 0 Å². The summed E-state index contributed by atoms with van der Waals surface area (Å²) >= 11 is 0. The summed E-state index contributed by atoms with van der Waals surface area (Å²) in [4.78, 5) is 12.3. The van der Waals surface area contributed by atoms with Crippen molar-refractivity contribution in [2.75, 3.05) is 13.2 Å². The monoisotopic (exact) mass is 488 g/mol. The first-order valence-corrected chi connectivity index (χ1v) is 14.4. The third-order valence-corrected chi connectivity index (χ3v) is 8.43. The van der Waals surface area contributed by atoms with Gasteiger partial charge in [-0.1, -0.05) is 30.7 Å². The van der Waals surface area contributed by atoms with Crippen LogP contribution in [0.25, 0.3) is 0 Å². The molecule has 198 valence electrons. The van der Waals surface area contributed by atoms with Gasteiger partial charge in [0, 0.05) is 32.0 Å². The Bertz CT molecular complexity index is 714. The number of allylic oxidation sites excluding steroid dienone is 2. The van der Waals surface area contributed by atoms with Gasteiger partial charge in [0.25, 0.3) is 0 Å². The number of Topliss-reactive ketones (excluding diaryl/α,β-unsaturated/α-hetero) is 1. The van der Waals surface area contributed by atoms with Gasteiger partial charge in [0.1, 0.15) is 5.78 Å². The molecule has 2 aliphatic heterocycles. The number of unbranched alkanes of at least 4 members (excludes halogenated alkanes) is 1. The molecule has 5 nitrogen and oxygen atoms in total. The molecule has 2 aliphatic carbocycles. The second-order valence-corrected chi connectivity index (χ2v) is 11.6. The van der Waals surface area contributed by atoms with E-state index in [1.54, 1.807) is 0 Å². The van der Waals surface area contributed by atoms with E-state index in [9.17, 15) is 4.79 Å². The lowest BCUT2D eigenvalue weighted by molar-refractivity contribution is -0.193. The zero-order valence-corrected chi connectivity index (χ0v) is 22.3. The molecular formula is C30H48O5. The maximum Gasteiger partial charge on any atom is 0.158 e. The highest BCUT2D eigenvalue weighted by Crippen LogP contribution is 2.48. The van der Waals surface area contributed by atoms with Crippen LogP contribution in [0.3, 0.4) is 0 Å². The lowest BCUT2D eigenvalue weighted by Gasteiger charge is -2.31. The summed E-state index contributed by atoms with van der Waals surface area (Å²) in [6.45, 7) is 8.23. The number of carbonyl (C=O) groups is 1. The molecule has 4 aliphatic rings. The van der Waals surface area contributed by atoms with E-state index in [1.165, 1.54) is 24.8 Å². The summed E-state index contributed by atoms with van der Waals surface area (Å²) in [7, 11) is 0. The molecule has 8 unspecified atom stereocenters. The molecule has 0 amide bonds. The number of fused-ring (bicyclic) bond motifs is 1. The summed E-state index contributed by atoms with van der Waals surface area (Å²) in [6, 6.07) is 0. The van der Waals surface area contributed by atoms with Crippen LogP contribution in [0.4, 0.5) is 0 Å². The number of hydrogen-bond acceptors (Lipinski definition) is 5. The van der Waals surface area contributed by atoms with Crippen molar-refractivity contribution in [1.29, 1.82) is 0 Å². The SMILES string of the molecule is CC(C)=CCCCC(C)C(/C=C\C1C(OC2CCCCO2)CC2CC(=O)CC21)OC1CCCCO1. The Hall–Kier alpha value is -1.01. The van der Waals surface area contributed by atoms with Crippen molar-refractivity contribution in [2.45, 2.75) is 123 Å². The Morgan fingerprint density at radius 2 is 1.80 bits per heavy atom. The maximum atomic E-state index is 12.3. The van der Waals surface area contributed by atoms with E-state index < -0.39 is 0 Å². The molecule has 0 aromatic rings. The van der Waals surface area contributed by atoms with Gasteiger partial charge in [-0.15, -0.1) is 0 Å². The van der Waals surface area contributed by atoms with Crippen LogP contribution < -0.4 is 0 Å². The highest BCUT2D eigenvalue weighted by molar-refractivity contribution is 5.81. The van der Waals surface area contributed by atoms with Gasteiger partial charge in [-0.05, 0) is 95.8 Å². The van der Waals surface area contributed by atoms with Crippen LogP contribution in [0.2, 0.25) is 0 Å². The molecule has 0 aromatic heterocycles. The van der Waals surface area contributed by atoms with Crippen molar-refractivity contribution in [3.05, 3.63) is 23.8 Å². The molecule has 0 aromatic carbocycles. The predicted octanol–water partition coefficient (Wildman–Crippen LogP) is 6.75. The normalized spacial score (nSPS) is 35.2. The molecule has 5 heteroatoms. The molecule has 2 saturated heterocycles. The van der Waals surface area contributed by atoms with Crippen LogP contribution in [-0.4, -0.2) is 43.8 Å². The standard InChI is InChI=1S/C30H48O5/c1-21(2)10-4-5-11-22(3)27(34-29-12-6-8-16-32-29)15-14-25-26-20-24(31)18-23(26)19-28(25)35-30-13-7-9-17-33-30/h10,14-15,22-23,25-30H,4-9,11-13,16-20H2,1-3H3/b15-14-. The fraction of sp³-hybridized carbons (Fsp3) is 0.833. The third-order valence-electron chi connectivity index (χ3n) is 8.43. The van der Waals surface area contributed by atoms with Gasteiger partial charge in [-0.25, -0.2) is 0 Å². The van der Waals surface area contributed by atoms with Crippen LogP contribution in [0.15, 0.2) is 23.8 Å². The number of ether oxygens (including phenoxy) is 4. The first kappa shape index (κ1) is 27.0. The van der Waals surface area contributed by atoms with E-state index in [4.69, 9.17) is 18.9 Å². The molecule has 4 rings (SSSR count). The van der Waals surface area contributed by atoms with Crippen molar-refractivity contribution in [1.82, 2.24) is 0 Å².